The van der Waals surface area contributed by atoms with Crippen LogP contribution in [0.25, 0.3) is 0 Å². The van der Waals surface area contributed by atoms with Gasteiger partial charge in [0.15, 0.2) is 0 Å². The van der Waals surface area contributed by atoms with E-state index in [0.29, 0.717) is 17.9 Å². The van der Waals surface area contributed by atoms with E-state index in [9.17, 15) is 14.7 Å². The second kappa shape index (κ2) is 7.77. The van der Waals surface area contributed by atoms with E-state index in [1.165, 1.54) is 6.42 Å². The van der Waals surface area contributed by atoms with Crippen LogP contribution in [-0.4, -0.2) is 23.0 Å². The first-order chi connectivity index (χ1) is 10.3. The zero-order valence-electron chi connectivity index (χ0n) is 11.4. The van der Waals surface area contributed by atoms with E-state index in [0.717, 1.165) is 25.7 Å². The van der Waals surface area contributed by atoms with Crippen LogP contribution in [0, 0.1) is 0 Å². The standard InChI is InChI=1S/C14H13Br4NO3/c15-9-7(13(20)19-6-4-2-1-3-5-6)8(14(21)22)10(16)12(18)11(9)17/h6H,1-5H2,(H,19,20)(H,21,22). The molecule has 1 amide bonds. The molecule has 0 atom stereocenters. The summed E-state index contributed by atoms with van der Waals surface area (Å²) < 4.78 is 1.90. The van der Waals surface area contributed by atoms with Crippen LogP contribution in [0.4, 0.5) is 0 Å². The molecule has 1 saturated carbocycles. The van der Waals surface area contributed by atoms with Crippen molar-refractivity contribution in [3.05, 3.63) is 29.0 Å². The lowest BCUT2D eigenvalue weighted by molar-refractivity contribution is 0.0689. The van der Waals surface area contributed by atoms with E-state index in [1.807, 2.05) is 0 Å². The third-order valence-electron chi connectivity index (χ3n) is 3.65. The van der Waals surface area contributed by atoms with Crippen LogP contribution >= 0.6 is 63.7 Å². The van der Waals surface area contributed by atoms with Crippen LogP contribution in [-0.2, 0) is 0 Å². The smallest absolute Gasteiger partial charge is 0.337 e. The molecule has 0 aromatic heterocycles. The van der Waals surface area contributed by atoms with Gasteiger partial charge in [-0.05, 0) is 76.6 Å². The van der Waals surface area contributed by atoms with E-state index in [-0.39, 0.29) is 23.1 Å². The van der Waals surface area contributed by atoms with Gasteiger partial charge in [-0.25, -0.2) is 4.79 Å². The summed E-state index contributed by atoms with van der Waals surface area (Å²) in [7, 11) is 0. The fourth-order valence-corrected chi connectivity index (χ4v) is 5.02. The monoisotopic (exact) mass is 559 g/mol. The van der Waals surface area contributed by atoms with Crippen molar-refractivity contribution in [2.24, 2.45) is 0 Å². The van der Waals surface area contributed by atoms with Gasteiger partial charge in [0, 0.05) is 23.9 Å². The predicted octanol–water partition coefficient (Wildman–Crippen LogP) is 5.50. The molecule has 4 nitrogen and oxygen atoms in total. The quantitative estimate of drug-likeness (QED) is 0.378. The largest absolute Gasteiger partial charge is 0.478 e. The summed E-state index contributed by atoms with van der Waals surface area (Å²) in [5, 5.41) is 12.4. The van der Waals surface area contributed by atoms with Crippen molar-refractivity contribution in [1.82, 2.24) is 5.32 Å². The molecule has 1 aliphatic carbocycles. The van der Waals surface area contributed by atoms with E-state index in [1.54, 1.807) is 0 Å². The molecule has 0 radical (unpaired) electrons. The number of benzene rings is 1. The maximum absolute atomic E-state index is 12.6. The van der Waals surface area contributed by atoms with Gasteiger partial charge in [0.05, 0.1) is 11.1 Å². The zero-order chi connectivity index (χ0) is 16.4. The molecule has 0 aliphatic heterocycles. The van der Waals surface area contributed by atoms with Crippen molar-refractivity contribution >= 4 is 75.6 Å². The SMILES string of the molecule is O=C(O)c1c(Br)c(Br)c(Br)c(Br)c1C(=O)NC1CCCCC1. The van der Waals surface area contributed by atoms with E-state index < -0.39 is 5.97 Å². The Morgan fingerprint density at radius 2 is 1.36 bits per heavy atom. The third-order valence-corrected chi connectivity index (χ3v) is 8.42. The minimum Gasteiger partial charge on any atom is -0.478 e. The highest BCUT2D eigenvalue weighted by molar-refractivity contribution is 9.15. The summed E-state index contributed by atoms with van der Waals surface area (Å²) in [6.07, 6.45) is 5.23. The molecule has 1 aliphatic rings. The van der Waals surface area contributed by atoms with E-state index in [4.69, 9.17) is 0 Å². The number of halogens is 4. The lowest BCUT2D eigenvalue weighted by Gasteiger charge is -2.24. The van der Waals surface area contributed by atoms with Gasteiger partial charge in [-0.1, -0.05) is 19.3 Å². The molecule has 0 unspecified atom stereocenters. The average molecular weight is 563 g/mol. The van der Waals surface area contributed by atoms with Crippen LogP contribution in [0.15, 0.2) is 17.9 Å². The molecule has 0 spiro atoms. The summed E-state index contributed by atoms with van der Waals surface area (Å²) in [6.45, 7) is 0. The predicted molar refractivity (Wildman–Crippen MR) is 98.5 cm³/mol. The van der Waals surface area contributed by atoms with Crippen LogP contribution in [0.5, 0.6) is 0 Å². The lowest BCUT2D eigenvalue weighted by Crippen LogP contribution is -2.37. The summed E-state index contributed by atoms with van der Waals surface area (Å²) in [4.78, 5) is 24.2. The molecule has 8 heteroatoms. The maximum Gasteiger partial charge on any atom is 0.337 e. The van der Waals surface area contributed by atoms with Crippen molar-refractivity contribution in [2.45, 2.75) is 38.1 Å². The lowest BCUT2D eigenvalue weighted by atomic mass is 9.95. The second-order valence-corrected chi connectivity index (χ2v) is 8.29. The molecule has 1 aromatic carbocycles. The average Bonchev–Trinajstić information content (AvgIpc) is 2.49. The van der Waals surface area contributed by atoms with E-state index >= 15 is 0 Å². The molecule has 0 saturated heterocycles. The number of hydrogen-bond acceptors (Lipinski definition) is 2. The molecule has 120 valence electrons. The third kappa shape index (κ3) is 3.76. The number of carbonyl (C=O) groups is 2. The Morgan fingerprint density at radius 1 is 0.864 bits per heavy atom. The topological polar surface area (TPSA) is 66.4 Å². The van der Waals surface area contributed by atoms with Gasteiger partial charge in [0.1, 0.15) is 0 Å². The summed E-state index contributed by atoms with van der Waals surface area (Å²) in [5.41, 5.74) is 0.0651. The summed E-state index contributed by atoms with van der Waals surface area (Å²) >= 11 is 13.3. The summed E-state index contributed by atoms with van der Waals surface area (Å²) in [6, 6.07) is 0.107. The number of carboxylic acid groups (broad SMARTS) is 1. The maximum atomic E-state index is 12.6. The van der Waals surface area contributed by atoms with Crippen molar-refractivity contribution < 1.29 is 14.7 Å². The number of aromatic carboxylic acids is 1. The normalized spacial score (nSPS) is 15.6. The van der Waals surface area contributed by atoms with E-state index in [2.05, 4.69) is 69.0 Å². The molecule has 2 N–H and O–H groups in total. The van der Waals surface area contributed by atoms with Crippen molar-refractivity contribution in [1.29, 1.82) is 0 Å². The van der Waals surface area contributed by atoms with Gasteiger partial charge >= 0.3 is 5.97 Å². The molecule has 0 bridgehead atoms. The van der Waals surface area contributed by atoms with Crippen LogP contribution in [0.1, 0.15) is 52.8 Å². The second-order valence-electron chi connectivity index (χ2n) is 5.12. The van der Waals surface area contributed by atoms with Crippen LogP contribution in [0.3, 0.4) is 0 Å². The first kappa shape index (κ1) is 18.4. The first-order valence-corrected chi connectivity index (χ1v) is 9.91. The Labute approximate surface area is 161 Å². The molecule has 1 aromatic rings. The van der Waals surface area contributed by atoms with Gasteiger partial charge in [-0.3, -0.25) is 4.79 Å². The Bertz CT molecular complexity index is 627. The molecule has 22 heavy (non-hydrogen) atoms. The van der Waals surface area contributed by atoms with Crippen LogP contribution < -0.4 is 5.32 Å². The first-order valence-electron chi connectivity index (χ1n) is 6.74. The molecular formula is C14H13Br4NO3. The van der Waals surface area contributed by atoms with Crippen LogP contribution in [0.2, 0.25) is 0 Å². The van der Waals surface area contributed by atoms with Crippen molar-refractivity contribution in [3.8, 4) is 0 Å². The highest BCUT2D eigenvalue weighted by Crippen LogP contribution is 2.42. The fraction of sp³-hybridized carbons (Fsp3) is 0.429. The van der Waals surface area contributed by atoms with Gasteiger partial charge in [0.2, 0.25) is 0 Å². The Morgan fingerprint density at radius 3 is 1.86 bits per heavy atom. The number of hydrogen-bond donors (Lipinski definition) is 2. The number of carboxylic acids is 1. The van der Waals surface area contributed by atoms with Crippen molar-refractivity contribution in [2.75, 3.05) is 0 Å². The Kier molecular flexibility index (Phi) is 6.50. The zero-order valence-corrected chi connectivity index (χ0v) is 17.7. The Hall–Kier alpha value is 0.0800. The molecular weight excluding hydrogens is 550 g/mol. The minimum atomic E-state index is -1.16. The van der Waals surface area contributed by atoms with Gasteiger partial charge in [0.25, 0.3) is 5.91 Å². The number of nitrogens with one attached hydrogen (secondary N) is 1. The minimum absolute atomic E-state index is 0.0599. The fourth-order valence-electron chi connectivity index (χ4n) is 2.55. The molecule has 0 heterocycles. The highest BCUT2D eigenvalue weighted by atomic mass is 79.9. The number of carbonyl (C=O) groups excluding carboxylic acids is 1. The highest BCUT2D eigenvalue weighted by Gasteiger charge is 2.29. The Balaban J connectivity index is 2.44. The molecule has 1 fully saturated rings. The number of rotatable bonds is 3. The summed E-state index contributed by atoms with van der Waals surface area (Å²) in [5.74, 6) is -1.53. The van der Waals surface area contributed by atoms with Gasteiger partial charge < -0.3 is 10.4 Å². The van der Waals surface area contributed by atoms with Gasteiger partial charge in [-0.15, -0.1) is 0 Å². The van der Waals surface area contributed by atoms with Gasteiger partial charge in [-0.2, -0.15) is 0 Å². The van der Waals surface area contributed by atoms with Crippen molar-refractivity contribution in [3.63, 3.8) is 0 Å². The number of amides is 1. The molecule has 2 rings (SSSR count).